The van der Waals surface area contributed by atoms with E-state index in [1.165, 1.54) is 0 Å². The first-order valence-corrected chi connectivity index (χ1v) is 4.42. The Morgan fingerprint density at radius 3 is 2.79 bits per heavy atom. The predicted molar refractivity (Wildman–Crippen MR) is 52.2 cm³/mol. The summed E-state index contributed by atoms with van der Waals surface area (Å²) in [6.07, 6.45) is 0. The zero-order valence-corrected chi connectivity index (χ0v) is 7.56. The smallest absolute Gasteiger partial charge is 0.345 e. The van der Waals surface area contributed by atoms with E-state index < -0.39 is 0 Å². The zero-order chi connectivity index (χ0) is 9.80. The molecule has 4 nitrogen and oxygen atoms in total. The van der Waals surface area contributed by atoms with Crippen molar-refractivity contribution in [3.05, 3.63) is 35.9 Å². The lowest BCUT2D eigenvalue weighted by molar-refractivity contribution is 0.0710. The van der Waals surface area contributed by atoms with Crippen LogP contribution in [0.4, 0.5) is 0 Å². The Morgan fingerprint density at radius 1 is 1.36 bits per heavy atom. The molecule has 0 aliphatic carbocycles. The minimum absolute atomic E-state index is 0.318. The first-order chi connectivity index (χ1) is 6.86. The number of carbonyl (C=O) groups excluding carboxylic acids is 1. The van der Waals surface area contributed by atoms with E-state index in [-0.39, 0.29) is 5.97 Å². The summed E-state index contributed by atoms with van der Waals surface area (Å²) in [6.45, 7) is 1.40. The minimum atomic E-state index is -0.376. The molecule has 0 aromatic heterocycles. The van der Waals surface area contributed by atoms with Crippen molar-refractivity contribution < 1.29 is 9.53 Å². The molecule has 0 saturated heterocycles. The van der Waals surface area contributed by atoms with Crippen LogP contribution in [0.1, 0.15) is 10.4 Å². The van der Waals surface area contributed by atoms with Crippen molar-refractivity contribution in [2.24, 2.45) is 4.99 Å². The average molecular weight is 190 g/mol. The van der Waals surface area contributed by atoms with Crippen LogP contribution >= 0.6 is 0 Å². The predicted octanol–water partition coefficient (Wildman–Crippen LogP) is 0.803. The van der Waals surface area contributed by atoms with Crippen LogP contribution < -0.4 is 5.32 Å². The van der Waals surface area contributed by atoms with Crippen molar-refractivity contribution in [2.45, 2.75) is 0 Å². The molecule has 1 heterocycles. The van der Waals surface area contributed by atoms with E-state index in [0.29, 0.717) is 18.1 Å². The quantitative estimate of drug-likeness (QED) is 0.666. The van der Waals surface area contributed by atoms with Gasteiger partial charge >= 0.3 is 5.97 Å². The van der Waals surface area contributed by atoms with Crippen LogP contribution in [0.15, 0.2) is 35.3 Å². The van der Waals surface area contributed by atoms with Crippen molar-refractivity contribution >= 4 is 12.0 Å². The maximum atomic E-state index is 11.5. The maximum Gasteiger partial charge on any atom is 0.345 e. The third-order valence-electron chi connectivity index (χ3n) is 1.84. The number of nitrogens with zero attached hydrogens (tertiary/aromatic N) is 1. The van der Waals surface area contributed by atoms with Crippen LogP contribution in [0.25, 0.3) is 0 Å². The second-order valence-electron chi connectivity index (χ2n) is 2.87. The summed E-state index contributed by atoms with van der Waals surface area (Å²) < 4.78 is 5.00. The van der Waals surface area contributed by atoms with Gasteiger partial charge in [-0.15, -0.1) is 0 Å². The summed E-state index contributed by atoms with van der Waals surface area (Å²) in [5.41, 5.74) is 0.531. The monoisotopic (exact) mass is 190 g/mol. The molecule has 0 bridgehead atoms. The highest BCUT2D eigenvalue weighted by Gasteiger charge is 2.12. The van der Waals surface area contributed by atoms with E-state index in [1.54, 1.807) is 24.3 Å². The van der Waals surface area contributed by atoms with E-state index in [2.05, 4.69) is 10.3 Å². The lowest BCUT2D eigenvalue weighted by Crippen LogP contribution is -2.24. The first-order valence-electron chi connectivity index (χ1n) is 4.42. The highest BCUT2D eigenvalue weighted by molar-refractivity contribution is 5.97. The van der Waals surface area contributed by atoms with Crippen LogP contribution in [0.2, 0.25) is 0 Å². The number of esters is 1. The fourth-order valence-electron chi connectivity index (χ4n) is 1.17. The van der Waals surface area contributed by atoms with Crippen LogP contribution in [-0.2, 0) is 4.74 Å². The lowest BCUT2D eigenvalue weighted by atomic mass is 10.2. The van der Waals surface area contributed by atoms with Gasteiger partial charge in [0.2, 0.25) is 0 Å². The van der Waals surface area contributed by atoms with Gasteiger partial charge in [0.05, 0.1) is 12.1 Å². The third-order valence-corrected chi connectivity index (χ3v) is 1.84. The summed E-state index contributed by atoms with van der Waals surface area (Å²) in [7, 11) is 0. The van der Waals surface area contributed by atoms with Crippen LogP contribution in [0.3, 0.4) is 0 Å². The molecule has 72 valence electrons. The fourth-order valence-corrected chi connectivity index (χ4v) is 1.17. The maximum absolute atomic E-state index is 11.5. The van der Waals surface area contributed by atoms with Gasteiger partial charge in [-0.25, -0.2) is 9.79 Å². The Labute approximate surface area is 81.6 Å². The molecule has 0 amide bonds. The SMILES string of the molecule is O=C(OC1=NCCN1)c1ccccc1. The van der Waals surface area contributed by atoms with Gasteiger partial charge in [-0.3, -0.25) is 0 Å². The lowest BCUT2D eigenvalue weighted by Gasteiger charge is -2.02. The summed E-state index contributed by atoms with van der Waals surface area (Å²) in [5, 5.41) is 2.86. The number of amidine groups is 1. The highest BCUT2D eigenvalue weighted by Crippen LogP contribution is 2.01. The molecule has 1 aromatic rings. The van der Waals surface area contributed by atoms with Crippen LogP contribution in [0, 0.1) is 0 Å². The standard InChI is InChI=1S/C10H10N2O2/c13-9(8-4-2-1-3-5-8)14-10-11-6-7-12-10/h1-5H,6-7H2,(H,11,12). The summed E-state index contributed by atoms with van der Waals surface area (Å²) in [6, 6.07) is 9.16. The van der Waals surface area contributed by atoms with E-state index in [4.69, 9.17) is 4.74 Å². The minimum Gasteiger partial charge on any atom is -0.389 e. The molecule has 1 aliphatic rings. The van der Waals surface area contributed by atoms with Gasteiger partial charge in [0, 0.05) is 6.54 Å². The Bertz CT molecular complexity index is 360. The number of benzene rings is 1. The fraction of sp³-hybridized carbons (Fsp3) is 0.200. The number of rotatable bonds is 1. The molecule has 0 radical (unpaired) electrons. The van der Waals surface area contributed by atoms with Crippen molar-refractivity contribution in [3.63, 3.8) is 0 Å². The number of carbonyl (C=O) groups is 1. The Hall–Kier alpha value is -1.84. The second kappa shape index (κ2) is 3.91. The van der Waals surface area contributed by atoms with E-state index in [0.717, 1.165) is 6.54 Å². The molecule has 2 rings (SSSR count). The van der Waals surface area contributed by atoms with Gasteiger partial charge in [-0.1, -0.05) is 18.2 Å². The summed E-state index contributed by atoms with van der Waals surface area (Å²) >= 11 is 0. The van der Waals surface area contributed by atoms with Gasteiger partial charge in [0.15, 0.2) is 0 Å². The number of ether oxygens (including phenoxy) is 1. The number of hydrogen-bond donors (Lipinski definition) is 1. The van der Waals surface area contributed by atoms with Crippen LogP contribution in [-0.4, -0.2) is 25.1 Å². The molecule has 1 aliphatic heterocycles. The second-order valence-corrected chi connectivity index (χ2v) is 2.87. The van der Waals surface area contributed by atoms with E-state index in [1.807, 2.05) is 6.07 Å². The third kappa shape index (κ3) is 1.90. The molecule has 0 fully saturated rings. The summed E-state index contributed by atoms with van der Waals surface area (Å²) in [5.74, 6) is -0.376. The molecule has 0 unspecified atom stereocenters. The topological polar surface area (TPSA) is 50.7 Å². The zero-order valence-electron chi connectivity index (χ0n) is 7.56. The normalized spacial score (nSPS) is 14.4. The Morgan fingerprint density at radius 2 is 2.14 bits per heavy atom. The Balaban J connectivity index is 2.03. The van der Waals surface area contributed by atoms with Crippen LogP contribution in [0.5, 0.6) is 0 Å². The first kappa shape index (κ1) is 8.74. The molecule has 4 heteroatoms. The molecular weight excluding hydrogens is 180 g/mol. The molecule has 14 heavy (non-hydrogen) atoms. The number of hydrogen-bond acceptors (Lipinski definition) is 4. The van der Waals surface area contributed by atoms with Gasteiger partial charge in [0.25, 0.3) is 6.02 Å². The molecular formula is C10H10N2O2. The molecule has 1 aromatic carbocycles. The van der Waals surface area contributed by atoms with E-state index in [9.17, 15) is 4.79 Å². The van der Waals surface area contributed by atoms with Crippen molar-refractivity contribution in [1.29, 1.82) is 0 Å². The van der Waals surface area contributed by atoms with Gasteiger partial charge in [-0.2, -0.15) is 0 Å². The number of aliphatic imine (C=N–C) groups is 1. The van der Waals surface area contributed by atoms with Gasteiger partial charge < -0.3 is 10.1 Å². The molecule has 1 N–H and O–H groups in total. The molecule has 0 atom stereocenters. The Kier molecular flexibility index (Phi) is 2.44. The van der Waals surface area contributed by atoms with Gasteiger partial charge in [0.1, 0.15) is 0 Å². The van der Waals surface area contributed by atoms with Crippen molar-refractivity contribution in [1.82, 2.24) is 5.32 Å². The van der Waals surface area contributed by atoms with Crippen molar-refractivity contribution in [3.8, 4) is 0 Å². The highest BCUT2D eigenvalue weighted by atomic mass is 16.6. The number of nitrogens with one attached hydrogen (secondary N) is 1. The van der Waals surface area contributed by atoms with E-state index >= 15 is 0 Å². The largest absolute Gasteiger partial charge is 0.389 e. The average Bonchev–Trinajstić information content (AvgIpc) is 2.72. The summed E-state index contributed by atoms with van der Waals surface area (Å²) in [4.78, 5) is 15.4. The van der Waals surface area contributed by atoms with Gasteiger partial charge in [-0.05, 0) is 12.1 Å². The molecule has 0 spiro atoms. The van der Waals surface area contributed by atoms with Crippen molar-refractivity contribution in [2.75, 3.05) is 13.1 Å². The molecule has 0 saturated carbocycles.